The van der Waals surface area contributed by atoms with E-state index in [-0.39, 0.29) is 15.2 Å². The van der Waals surface area contributed by atoms with Crippen LogP contribution in [0, 0.1) is 6.92 Å². The fourth-order valence-electron chi connectivity index (χ4n) is 0.745. The Hall–Kier alpha value is -0.610. The maximum absolute atomic E-state index is 10.6. The lowest BCUT2D eigenvalue weighted by molar-refractivity contribution is 0.0695. The Balaban J connectivity index is 3.43. The average Bonchev–Trinajstić information content (AvgIpc) is 1.97. The Morgan fingerprint density at radius 1 is 1.75 bits per heavy atom. The van der Waals surface area contributed by atoms with Gasteiger partial charge in [-0.05, 0) is 28.4 Å². The van der Waals surface area contributed by atoms with Crippen LogP contribution in [0.1, 0.15) is 15.9 Å². The van der Waals surface area contributed by atoms with Gasteiger partial charge in [0.05, 0.1) is 5.02 Å². The first kappa shape index (κ1) is 9.48. The van der Waals surface area contributed by atoms with Gasteiger partial charge in [0.1, 0.15) is 10.2 Å². The van der Waals surface area contributed by atoms with Gasteiger partial charge in [0, 0.05) is 6.20 Å². The number of hydrogen-bond acceptors (Lipinski definition) is 2. The summed E-state index contributed by atoms with van der Waals surface area (Å²) in [4.78, 5) is 14.5. The van der Waals surface area contributed by atoms with Gasteiger partial charge in [0.25, 0.3) is 0 Å². The Morgan fingerprint density at radius 2 is 2.33 bits per heavy atom. The number of aryl methyl sites for hydroxylation is 1. The molecule has 5 heteroatoms. The van der Waals surface area contributed by atoms with Crippen LogP contribution in [0.5, 0.6) is 0 Å². The number of carboxylic acid groups (broad SMARTS) is 1. The van der Waals surface area contributed by atoms with E-state index in [1.54, 1.807) is 6.92 Å². The molecule has 1 rings (SSSR count). The third kappa shape index (κ3) is 1.59. The van der Waals surface area contributed by atoms with Crippen molar-refractivity contribution in [2.45, 2.75) is 6.92 Å². The number of hydrogen-bond donors (Lipinski definition) is 1. The van der Waals surface area contributed by atoms with Crippen molar-refractivity contribution in [3.05, 3.63) is 26.9 Å². The summed E-state index contributed by atoms with van der Waals surface area (Å²) in [5.41, 5.74) is 0.661. The van der Waals surface area contributed by atoms with Crippen molar-refractivity contribution in [2.24, 2.45) is 0 Å². The lowest BCUT2D eigenvalue weighted by atomic mass is 10.2. The van der Waals surface area contributed by atoms with Gasteiger partial charge in [0.15, 0.2) is 0 Å². The molecule has 0 atom stereocenters. The lowest BCUT2D eigenvalue weighted by Gasteiger charge is -2.02. The van der Waals surface area contributed by atoms with E-state index < -0.39 is 5.97 Å². The number of carboxylic acids is 1. The molecule has 0 bridgehead atoms. The van der Waals surface area contributed by atoms with Gasteiger partial charge in [-0.1, -0.05) is 11.6 Å². The molecule has 3 nitrogen and oxygen atoms in total. The highest BCUT2D eigenvalue weighted by atomic mass is 79.9. The minimum Gasteiger partial charge on any atom is -0.478 e. The summed E-state index contributed by atoms with van der Waals surface area (Å²) in [6.07, 6.45) is 1.51. The van der Waals surface area contributed by atoms with E-state index >= 15 is 0 Å². The number of aromatic carboxylic acids is 1. The maximum Gasteiger partial charge on any atom is 0.340 e. The Bertz CT molecular complexity index is 340. The molecule has 0 amide bonds. The molecular weight excluding hydrogens is 245 g/mol. The molecule has 0 spiro atoms. The lowest BCUT2D eigenvalue weighted by Crippen LogP contribution is -2.01. The number of carbonyl (C=O) groups is 1. The largest absolute Gasteiger partial charge is 0.478 e. The van der Waals surface area contributed by atoms with Crippen molar-refractivity contribution in [3.63, 3.8) is 0 Å². The van der Waals surface area contributed by atoms with Crippen LogP contribution >= 0.6 is 27.5 Å². The van der Waals surface area contributed by atoms with Gasteiger partial charge < -0.3 is 5.11 Å². The molecule has 64 valence electrons. The van der Waals surface area contributed by atoms with Gasteiger partial charge in [-0.25, -0.2) is 9.78 Å². The summed E-state index contributed by atoms with van der Waals surface area (Å²) in [6.45, 7) is 1.70. The number of rotatable bonds is 1. The van der Waals surface area contributed by atoms with Crippen LogP contribution in [0.25, 0.3) is 0 Å². The molecule has 0 aromatic carbocycles. The molecule has 0 aliphatic carbocycles. The molecule has 0 aliphatic heterocycles. The van der Waals surface area contributed by atoms with Crippen molar-refractivity contribution >= 4 is 33.5 Å². The van der Waals surface area contributed by atoms with E-state index in [9.17, 15) is 4.79 Å². The van der Waals surface area contributed by atoms with Crippen LogP contribution in [-0.4, -0.2) is 16.1 Å². The second-order valence-electron chi connectivity index (χ2n) is 2.23. The van der Waals surface area contributed by atoms with Gasteiger partial charge in [-0.3, -0.25) is 0 Å². The fourth-order valence-corrected chi connectivity index (χ4v) is 1.55. The summed E-state index contributed by atoms with van der Waals surface area (Å²) >= 11 is 8.75. The molecule has 1 heterocycles. The Kier molecular flexibility index (Phi) is 2.69. The second kappa shape index (κ2) is 3.41. The molecular formula is C7H5BrClNO2. The molecule has 1 aromatic rings. The third-order valence-electron chi connectivity index (χ3n) is 1.36. The number of nitrogens with zero attached hydrogens (tertiary/aromatic N) is 1. The summed E-state index contributed by atoms with van der Waals surface area (Å²) in [6, 6.07) is 0. The first-order chi connectivity index (χ1) is 5.54. The second-order valence-corrected chi connectivity index (χ2v) is 3.36. The smallest absolute Gasteiger partial charge is 0.340 e. The van der Waals surface area contributed by atoms with Crippen LogP contribution in [0.3, 0.4) is 0 Å². The normalized spacial score (nSPS) is 9.92. The Morgan fingerprint density at radius 3 is 2.75 bits per heavy atom. The molecule has 0 unspecified atom stereocenters. The van der Waals surface area contributed by atoms with E-state index in [2.05, 4.69) is 20.9 Å². The average molecular weight is 250 g/mol. The van der Waals surface area contributed by atoms with Crippen molar-refractivity contribution in [2.75, 3.05) is 0 Å². The number of halogens is 2. The molecule has 0 aliphatic rings. The third-order valence-corrected chi connectivity index (χ3v) is 2.45. The van der Waals surface area contributed by atoms with Gasteiger partial charge in [0.2, 0.25) is 0 Å². The van der Waals surface area contributed by atoms with Gasteiger partial charge in [-0.15, -0.1) is 0 Å². The highest BCUT2D eigenvalue weighted by Gasteiger charge is 2.15. The standard InChI is InChI=1S/C7H5BrClNO2/c1-3-2-10-6(8)4(5(3)9)7(11)12/h2H,1H3,(H,11,12). The highest BCUT2D eigenvalue weighted by molar-refractivity contribution is 9.10. The van der Waals surface area contributed by atoms with Gasteiger partial charge in [-0.2, -0.15) is 0 Å². The quantitative estimate of drug-likeness (QED) is 0.779. The van der Waals surface area contributed by atoms with Crippen molar-refractivity contribution in [1.82, 2.24) is 4.98 Å². The monoisotopic (exact) mass is 249 g/mol. The maximum atomic E-state index is 10.6. The van der Waals surface area contributed by atoms with Crippen molar-refractivity contribution in [1.29, 1.82) is 0 Å². The molecule has 1 N–H and O–H groups in total. The highest BCUT2D eigenvalue weighted by Crippen LogP contribution is 2.25. The predicted octanol–water partition coefficient (Wildman–Crippen LogP) is 2.50. The SMILES string of the molecule is Cc1cnc(Br)c(C(=O)O)c1Cl. The zero-order chi connectivity index (χ0) is 9.30. The van der Waals surface area contributed by atoms with Crippen LogP contribution in [0.15, 0.2) is 10.8 Å². The first-order valence-corrected chi connectivity index (χ1v) is 4.25. The molecule has 12 heavy (non-hydrogen) atoms. The Labute approximate surface area is 82.5 Å². The van der Waals surface area contributed by atoms with Gasteiger partial charge >= 0.3 is 5.97 Å². The van der Waals surface area contributed by atoms with E-state index in [4.69, 9.17) is 16.7 Å². The van der Waals surface area contributed by atoms with Crippen LogP contribution < -0.4 is 0 Å². The number of aromatic nitrogens is 1. The van der Waals surface area contributed by atoms with Crippen molar-refractivity contribution < 1.29 is 9.90 Å². The van der Waals surface area contributed by atoms with E-state index in [0.717, 1.165) is 0 Å². The molecule has 0 fully saturated rings. The van der Waals surface area contributed by atoms with Crippen LogP contribution in [0.4, 0.5) is 0 Å². The summed E-state index contributed by atoms with van der Waals surface area (Å²) in [5.74, 6) is -1.08. The molecule has 1 aromatic heterocycles. The minimum atomic E-state index is -1.08. The van der Waals surface area contributed by atoms with E-state index in [1.807, 2.05) is 0 Å². The summed E-state index contributed by atoms with van der Waals surface area (Å²) in [5, 5.41) is 8.94. The fraction of sp³-hybridized carbons (Fsp3) is 0.143. The van der Waals surface area contributed by atoms with E-state index in [0.29, 0.717) is 5.56 Å². The molecule has 0 saturated heterocycles. The van der Waals surface area contributed by atoms with Crippen molar-refractivity contribution in [3.8, 4) is 0 Å². The van der Waals surface area contributed by atoms with E-state index in [1.165, 1.54) is 6.20 Å². The van der Waals surface area contributed by atoms with Crippen LogP contribution in [0.2, 0.25) is 5.02 Å². The zero-order valence-corrected chi connectivity index (χ0v) is 8.48. The zero-order valence-electron chi connectivity index (χ0n) is 6.14. The molecule has 0 radical (unpaired) electrons. The van der Waals surface area contributed by atoms with Crippen LogP contribution in [-0.2, 0) is 0 Å². The summed E-state index contributed by atoms with van der Waals surface area (Å²) < 4.78 is 0.255. The topological polar surface area (TPSA) is 50.2 Å². The minimum absolute atomic E-state index is 0.0108. The molecule has 0 saturated carbocycles. The summed E-state index contributed by atoms with van der Waals surface area (Å²) in [7, 11) is 0. The predicted molar refractivity (Wildman–Crippen MR) is 48.6 cm³/mol. The number of pyridine rings is 1. The first-order valence-electron chi connectivity index (χ1n) is 3.08.